The molecule has 0 aliphatic heterocycles. The van der Waals surface area contributed by atoms with Crippen LogP contribution in [0.4, 0.5) is 20.2 Å². The van der Waals surface area contributed by atoms with E-state index in [1.807, 2.05) is 0 Å². The number of ether oxygens (including phenoxy) is 2. The normalized spacial score (nSPS) is 11.0. The number of carbonyl (C=O) groups excluding carboxylic acids is 1. The predicted octanol–water partition coefficient (Wildman–Crippen LogP) is 3.82. The first-order valence-corrected chi connectivity index (χ1v) is 10.7. The maximum Gasteiger partial charge on any atom is 0.264 e. The summed E-state index contributed by atoms with van der Waals surface area (Å²) in [6.45, 7) is -0.624. The summed E-state index contributed by atoms with van der Waals surface area (Å²) in [5, 5.41) is 2.60. The number of hydrogen-bond donors (Lipinski definition) is 1. The standard InChI is InChI=1S/C22H20F2N2O5S/c1-30-18-9-12-20(21(13-18)31-2)25-22(27)14-26(17-7-3-15(23)4-8-17)32(28,29)19-10-5-16(24)6-11-19/h3-13H,14H2,1-2H3,(H,25,27). The van der Waals surface area contributed by atoms with Crippen LogP contribution in [0.5, 0.6) is 11.5 Å². The Labute approximate surface area is 184 Å². The van der Waals surface area contributed by atoms with Crippen molar-refractivity contribution in [3.63, 3.8) is 0 Å². The molecule has 0 aliphatic rings. The molecule has 0 aromatic heterocycles. The molecule has 3 aromatic rings. The van der Waals surface area contributed by atoms with Gasteiger partial charge < -0.3 is 14.8 Å². The fourth-order valence-corrected chi connectivity index (χ4v) is 4.30. The number of methoxy groups -OCH3 is 2. The molecule has 0 spiro atoms. The van der Waals surface area contributed by atoms with Gasteiger partial charge in [0.25, 0.3) is 10.0 Å². The van der Waals surface area contributed by atoms with Crippen molar-refractivity contribution in [3.05, 3.63) is 78.4 Å². The van der Waals surface area contributed by atoms with Gasteiger partial charge in [0, 0.05) is 6.07 Å². The highest BCUT2D eigenvalue weighted by Crippen LogP contribution is 2.29. The summed E-state index contributed by atoms with van der Waals surface area (Å²) < 4.78 is 64.3. The lowest BCUT2D eigenvalue weighted by Crippen LogP contribution is -2.38. The predicted molar refractivity (Wildman–Crippen MR) is 116 cm³/mol. The van der Waals surface area contributed by atoms with Gasteiger partial charge in [0.15, 0.2) is 0 Å². The van der Waals surface area contributed by atoms with E-state index < -0.39 is 34.1 Å². The van der Waals surface area contributed by atoms with E-state index in [0.717, 1.165) is 40.7 Å². The fourth-order valence-electron chi connectivity index (χ4n) is 2.88. The molecule has 32 heavy (non-hydrogen) atoms. The lowest BCUT2D eigenvalue weighted by Gasteiger charge is -2.24. The van der Waals surface area contributed by atoms with Crippen LogP contribution in [0.2, 0.25) is 0 Å². The fraction of sp³-hybridized carbons (Fsp3) is 0.136. The minimum absolute atomic E-state index is 0.0626. The molecular formula is C22H20F2N2O5S. The zero-order valence-electron chi connectivity index (χ0n) is 17.2. The Bertz CT molecular complexity index is 1200. The van der Waals surface area contributed by atoms with Crippen LogP contribution in [0.25, 0.3) is 0 Å². The van der Waals surface area contributed by atoms with Crippen molar-refractivity contribution in [1.29, 1.82) is 0 Å². The molecule has 1 amide bonds. The molecular weight excluding hydrogens is 442 g/mol. The van der Waals surface area contributed by atoms with E-state index in [1.165, 1.54) is 26.4 Å². The average Bonchev–Trinajstić information content (AvgIpc) is 2.78. The Morgan fingerprint density at radius 2 is 1.50 bits per heavy atom. The van der Waals surface area contributed by atoms with E-state index in [4.69, 9.17) is 9.47 Å². The molecule has 1 N–H and O–H groups in total. The number of hydrogen-bond acceptors (Lipinski definition) is 5. The number of benzene rings is 3. The third kappa shape index (κ3) is 5.14. The number of rotatable bonds is 8. The van der Waals surface area contributed by atoms with Crippen molar-refractivity contribution < 1.29 is 31.5 Å². The number of amides is 1. The first-order chi connectivity index (χ1) is 15.2. The molecule has 0 fully saturated rings. The van der Waals surface area contributed by atoms with Gasteiger partial charge in [0.2, 0.25) is 5.91 Å². The monoisotopic (exact) mass is 462 g/mol. The highest BCUT2D eigenvalue weighted by Gasteiger charge is 2.27. The number of carbonyl (C=O) groups is 1. The van der Waals surface area contributed by atoms with Crippen LogP contribution < -0.4 is 19.1 Å². The van der Waals surface area contributed by atoms with Gasteiger partial charge in [-0.05, 0) is 60.7 Å². The number of nitrogens with zero attached hydrogens (tertiary/aromatic N) is 1. The van der Waals surface area contributed by atoms with Gasteiger partial charge >= 0.3 is 0 Å². The highest BCUT2D eigenvalue weighted by molar-refractivity contribution is 7.92. The van der Waals surface area contributed by atoms with E-state index in [2.05, 4.69) is 5.32 Å². The quantitative estimate of drug-likeness (QED) is 0.550. The molecule has 0 radical (unpaired) electrons. The van der Waals surface area contributed by atoms with Crippen molar-refractivity contribution in [2.75, 3.05) is 30.4 Å². The van der Waals surface area contributed by atoms with Crippen molar-refractivity contribution in [1.82, 2.24) is 0 Å². The molecule has 0 atom stereocenters. The van der Waals surface area contributed by atoms with Crippen molar-refractivity contribution in [2.24, 2.45) is 0 Å². The van der Waals surface area contributed by atoms with E-state index in [1.54, 1.807) is 18.2 Å². The Kier molecular flexibility index (Phi) is 6.94. The third-order valence-corrected chi connectivity index (χ3v) is 6.27. The summed E-state index contributed by atoms with van der Waals surface area (Å²) in [6, 6.07) is 13.5. The summed E-state index contributed by atoms with van der Waals surface area (Å²) in [4.78, 5) is 12.6. The average molecular weight is 462 g/mol. The van der Waals surface area contributed by atoms with Gasteiger partial charge in [-0.1, -0.05) is 0 Å². The summed E-state index contributed by atoms with van der Waals surface area (Å²) in [6.07, 6.45) is 0. The van der Waals surface area contributed by atoms with Crippen molar-refractivity contribution in [2.45, 2.75) is 4.90 Å². The van der Waals surface area contributed by atoms with Crippen molar-refractivity contribution in [3.8, 4) is 11.5 Å². The molecule has 7 nitrogen and oxygen atoms in total. The zero-order chi connectivity index (χ0) is 23.3. The third-order valence-electron chi connectivity index (χ3n) is 4.49. The second-order valence-corrected chi connectivity index (χ2v) is 8.42. The first-order valence-electron chi connectivity index (χ1n) is 9.30. The second-order valence-electron chi connectivity index (χ2n) is 6.56. The highest BCUT2D eigenvalue weighted by atomic mass is 32.2. The van der Waals surface area contributed by atoms with Gasteiger partial charge in [-0.3, -0.25) is 9.10 Å². The summed E-state index contributed by atoms with van der Waals surface area (Å²) >= 11 is 0. The maximum atomic E-state index is 13.4. The van der Waals surface area contributed by atoms with Crippen LogP contribution >= 0.6 is 0 Å². The molecule has 3 rings (SSSR count). The number of halogens is 2. The van der Waals surface area contributed by atoms with Crippen LogP contribution in [0.3, 0.4) is 0 Å². The van der Waals surface area contributed by atoms with E-state index >= 15 is 0 Å². The van der Waals surface area contributed by atoms with Gasteiger partial charge in [-0.15, -0.1) is 0 Å². The molecule has 3 aromatic carbocycles. The molecule has 0 bridgehead atoms. The molecule has 0 saturated heterocycles. The van der Waals surface area contributed by atoms with Gasteiger partial charge in [0.1, 0.15) is 29.7 Å². The van der Waals surface area contributed by atoms with E-state index in [-0.39, 0.29) is 10.6 Å². The Morgan fingerprint density at radius 3 is 2.06 bits per heavy atom. The summed E-state index contributed by atoms with van der Waals surface area (Å²) in [5.74, 6) is -1.04. The number of nitrogens with one attached hydrogen (secondary N) is 1. The maximum absolute atomic E-state index is 13.4. The van der Waals surface area contributed by atoms with E-state index in [0.29, 0.717) is 17.2 Å². The Morgan fingerprint density at radius 1 is 0.906 bits per heavy atom. The lowest BCUT2D eigenvalue weighted by molar-refractivity contribution is -0.114. The Hall–Kier alpha value is -3.66. The van der Waals surface area contributed by atoms with E-state index in [9.17, 15) is 22.0 Å². The first kappa shape index (κ1) is 23.0. The molecule has 0 saturated carbocycles. The smallest absolute Gasteiger partial charge is 0.264 e. The largest absolute Gasteiger partial charge is 0.497 e. The SMILES string of the molecule is COc1ccc(NC(=O)CN(c2ccc(F)cc2)S(=O)(=O)c2ccc(F)cc2)c(OC)c1. The lowest BCUT2D eigenvalue weighted by atomic mass is 10.2. The zero-order valence-corrected chi connectivity index (χ0v) is 18.0. The van der Waals surface area contributed by atoms with Gasteiger partial charge in [-0.25, -0.2) is 17.2 Å². The van der Waals surface area contributed by atoms with Crippen LogP contribution in [0.15, 0.2) is 71.6 Å². The molecule has 0 heterocycles. The van der Waals surface area contributed by atoms with Gasteiger partial charge in [0.05, 0.1) is 30.5 Å². The van der Waals surface area contributed by atoms with Crippen LogP contribution in [-0.4, -0.2) is 35.1 Å². The summed E-state index contributed by atoms with van der Waals surface area (Å²) in [7, 11) is -1.37. The van der Waals surface area contributed by atoms with Crippen LogP contribution in [0.1, 0.15) is 0 Å². The minimum atomic E-state index is -4.27. The molecule has 10 heteroatoms. The topological polar surface area (TPSA) is 84.9 Å². The van der Waals surface area contributed by atoms with Crippen molar-refractivity contribution >= 4 is 27.3 Å². The second kappa shape index (κ2) is 9.65. The van der Waals surface area contributed by atoms with Crippen LogP contribution in [0, 0.1) is 11.6 Å². The number of anilines is 2. The minimum Gasteiger partial charge on any atom is -0.497 e. The molecule has 0 unspecified atom stereocenters. The number of sulfonamides is 1. The molecule has 168 valence electrons. The van der Waals surface area contributed by atoms with Crippen LogP contribution in [-0.2, 0) is 14.8 Å². The van der Waals surface area contributed by atoms with Gasteiger partial charge in [-0.2, -0.15) is 0 Å². The molecule has 0 aliphatic carbocycles. The summed E-state index contributed by atoms with van der Waals surface area (Å²) in [5.41, 5.74) is 0.365. The Balaban J connectivity index is 1.93.